The zero-order chi connectivity index (χ0) is 23.5. The first-order valence-corrected chi connectivity index (χ1v) is 12.0. The third-order valence-electron chi connectivity index (χ3n) is 6.72. The van der Waals surface area contributed by atoms with Gasteiger partial charge in [0.1, 0.15) is 5.69 Å². The third kappa shape index (κ3) is 4.65. The minimum atomic E-state index is -0.147. The van der Waals surface area contributed by atoms with Gasteiger partial charge in [-0.05, 0) is 49.0 Å². The summed E-state index contributed by atoms with van der Waals surface area (Å²) in [6.45, 7) is 2.47. The molecule has 1 amide bonds. The molecule has 2 heterocycles. The number of aliphatic imine (C=N–C) groups is 1. The van der Waals surface area contributed by atoms with E-state index in [9.17, 15) is 9.59 Å². The number of rotatable bonds is 7. The van der Waals surface area contributed by atoms with Crippen molar-refractivity contribution >= 4 is 17.4 Å². The van der Waals surface area contributed by atoms with Crippen molar-refractivity contribution < 1.29 is 9.59 Å². The van der Waals surface area contributed by atoms with Gasteiger partial charge >= 0.3 is 0 Å². The van der Waals surface area contributed by atoms with Gasteiger partial charge in [0, 0.05) is 28.9 Å². The SMILES string of the molecule is CC1=C(C(=O)c2c[nH]c(C(=O)NC3CCCC3)c2)C(c2ccc(Cc3ccccc3)cc2)=NC1. The van der Waals surface area contributed by atoms with Crippen molar-refractivity contribution in [1.29, 1.82) is 0 Å². The number of ketones is 1. The van der Waals surface area contributed by atoms with Crippen LogP contribution in [0, 0.1) is 0 Å². The third-order valence-corrected chi connectivity index (χ3v) is 6.72. The molecular formula is C29H29N3O2. The lowest BCUT2D eigenvalue weighted by Crippen LogP contribution is -2.32. The molecule has 34 heavy (non-hydrogen) atoms. The second-order valence-electron chi connectivity index (χ2n) is 9.27. The van der Waals surface area contributed by atoms with Crippen molar-refractivity contribution in [3.8, 4) is 0 Å². The average molecular weight is 452 g/mol. The van der Waals surface area contributed by atoms with Crippen molar-refractivity contribution in [2.45, 2.75) is 45.1 Å². The van der Waals surface area contributed by atoms with E-state index >= 15 is 0 Å². The van der Waals surface area contributed by atoms with Gasteiger partial charge in [-0.15, -0.1) is 0 Å². The Labute approximate surface area is 200 Å². The maximum absolute atomic E-state index is 13.4. The number of carbonyl (C=O) groups is 2. The zero-order valence-corrected chi connectivity index (χ0v) is 19.4. The predicted molar refractivity (Wildman–Crippen MR) is 135 cm³/mol. The molecular weight excluding hydrogens is 422 g/mol. The van der Waals surface area contributed by atoms with Crippen LogP contribution in [0.15, 0.2) is 83.0 Å². The number of hydrogen-bond acceptors (Lipinski definition) is 3. The molecule has 1 aliphatic carbocycles. The average Bonchev–Trinajstić information content (AvgIpc) is 3.61. The molecule has 1 aromatic heterocycles. The van der Waals surface area contributed by atoms with Crippen molar-refractivity contribution in [1.82, 2.24) is 10.3 Å². The molecule has 5 heteroatoms. The maximum atomic E-state index is 13.4. The summed E-state index contributed by atoms with van der Waals surface area (Å²) in [4.78, 5) is 33.7. The Balaban J connectivity index is 1.31. The highest BCUT2D eigenvalue weighted by Crippen LogP contribution is 2.25. The van der Waals surface area contributed by atoms with Crippen LogP contribution in [0.2, 0.25) is 0 Å². The van der Waals surface area contributed by atoms with Gasteiger partial charge in [-0.3, -0.25) is 14.6 Å². The number of carbonyl (C=O) groups excluding carboxylic acids is 2. The molecule has 1 fully saturated rings. The second kappa shape index (κ2) is 9.64. The highest BCUT2D eigenvalue weighted by molar-refractivity contribution is 6.34. The van der Waals surface area contributed by atoms with E-state index < -0.39 is 0 Å². The number of benzene rings is 2. The smallest absolute Gasteiger partial charge is 0.267 e. The highest BCUT2D eigenvalue weighted by atomic mass is 16.2. The van der Waals surface area contributed by atoms with Crippen LogP contribution < -0.4 is 5.32 Å². The summed E-state index contributed by atoms with van der Waals surface area (Å²) >= 11 is 0. The first-order valence-electron chi connectivity index (χ1n) is 12.0. The summed E-state index contributed by atoms with van der Waals surface area (Å²) in [5.41, 5.74) is 6.64. The molecule has 2 aliphatic rings. The van der Waals surface area contributed by atoms with E-state index in [1.807, 2.05) is 37.3 Å². The largest absolute Gasteiger partial charge is 0.356 e. The van der Waals surface area contributed by atoms with Crippen LogP contribution in [0.5, 0.6) is 0 Å². The van der Waals surface area contributed by atoms with E-state index in [2.05, 4.69) is 39.6 Å². The Hall–Kier alpha value is -3.73. The highest BCUT2D eigenvalue weighted by Gasteiger charge is 2.27. The normalized spacial score (nSPS) is 16.1. The maximum Gasteiger partial charge on any atom is 0.267 e. The fraction of sp³-hybridized carbons (Fsp3) is 0.276. The molecule has 1 aliphatic heterocycles. The second-order valence-corrected chi connectivity index (χ2v) is 9.27. The first-order chi connectivity index (χ1) is 16.6. The van der Waals surface area contributed by atoms with Gasteiger partial charge in [0.05, 0.1) is 12.3 Å². The van der Waals surface area contributed by atoms with Crippen molar-refractivity contribution in [3.05, 3.63) is 106 Å². The summed E-state index contributed by atoms with van der Waals surface area (Å²) in [5, 5.41) is 3.07. The number of hydrogen-bond donors (Lipinski definition) is 2. The molecule has 0 radical (unpaired) electrons. The van der Waals surface area contributed by atoms with Gasteiger partial charge < -0.3 is 10.3 Å². The number of Topliss-reactive ketones (excluding diaryl/α,β-unsaturated/α-hetero) is 1. The molecule has 0 atom stereocenters. The Bertz CT molecular complexity index is 1260. The number of H-pyrrole nitrogens is 1. The van der Waals surface area contributed by atoms with E-state index in [0.717, 1.165) is 49.0 Å². The van der Waals surface area contributed by atoms with Gasteiger partial charge in [0.15, 0.2) is 5.78 Å². The Morgan fingerprint density at radius 2 is 1.71 bits per heavy atom. The zero-order valence-electron chi connectivity index (χ0n) is 19.4. The van der Waals surface area contributed by atoms with Gasteiger partial charge in [-0.25, -0.2) is 0 Å². The van der Waals surface area contributed by atoms with Crippen molar-refractivity contribution in [2.75, 3.05) is 6.54 Å². The van der Waals surface area contributed by atoms with Crippen LogP contribution in [0.3, 0.4) is 0 Å². The summed E-state index contributed by atoms with van der Waals surface area (Å²) in [7, 11) is 0. The van der Waals surface area contributed by atoms with E-state index in [4.69, 9.17) is 0 Å². The van der Waals surface area contributed by atoms with E-state index in [-0.39, 0.29) is 17.7 Å². The lowest BCUT2D eigenvalue weighted by atomic mass is 9.93. The number of aromatic nitrogens is 1. The van der Waals surface area contributed by atoms with Gasteiger partial charge in [0.25, 0.3) is 5.91 Å². The first kappa shape index (κ1) is 22.1. The molecule has 172 valence electrons. The molecule has 1 saturated carbocycles. The lowest BCUT2D eigenvalue weighted by Gasteiger charge is -2.10. The number of nitrogens with one attached hydrogen (secondary N) is 2. The minimum Gasteiger partial charge on any atom is -0.356 e. The standard InChI is InChI=1S/C29H29N3O2/c1-19-17-31-27(22-13-11-21(12-14-22)15-20-7-3-2-4-8-20)26(19)28(33)23-16-25(30-18-23)29(34)32-24-9-5-6-10-24/h2-4,7-8,11-14,16,18,24,30H,5-6,9-10,15,17H2,1H3,(H,32,34). The van der Waals surface area contributed by atoms with Gasteiger partial charge in [-0.1, -0.05) is 67.4 Å². The fourth-order valence-corrected chi connectivity index (χ4v) is 4.84. The Morgan fingerprint density at radius 1 is 1.00 bits per heavy atom. The number of nitrogens with zero attached hydrogens (tertiary/aromatic N) is 1. The summed E-state index contributed by atoms with van der Waals surface area (Å²) in [5.74, 6) is -0.246. The molecule has 0 bridgehead atoms. The van der Waals surface area contributed by atoms with E-state index in [1.165, 1.54) is 11.1 Å². The van der Waals surface area contributed by atoms with Gasteiger partial charge in [0.2, 0.25) is 0 Å². The monoisotopic (exact) mass is 451 g/mol. The molecule has 2 N–H and O–H groups in total. The van der Waals surface area contributed by atoms with Crippen LogP contribution >= 0.6 is 0 Å². The van der Waals surface area contributed by atoms with Gasteiger partial charge in [-0.2, -0.15) is 0 Å². The van der Waals surface area contributed by atoms with Crippen LogP contribution in [-0.4, -0.2) is 35.0 Å². The minimum absolute atomic E-state index is 0.0988. The molecule has 0 unspecified atom stereocenters. The lowest BCUT2D eigenvalue weighted by molar-refractivity contribution is 0.0933. The number of aromatic amines is 1. The predicted octanol–water partition coefficient (Wildman–Crippen LogP) is 5.28. The molecule has 0 spiro atoms. The van der Waals surface area contributed by atoms with Crippen LogP contribution in [0.4, 0.5) is 0 Å². The summed E-state index contributed by atoms with van der Waals surface area (Å²) < 4.78 is 0. The molecule has 2 aromatic carbocycles. The van der Waals surface area contributed by atoms with Crippen molar-refractivity contribution in [2.24, 2.45) is 4.99 Å². The molecule has 5 nitrogen and oxygen atoms in total. The van der Waals surface area contributed by atoms with E-state index in [0.29, 0.717) is 23.4 Å². The quantitative estimate of drug-likeness (QED) is 0.480. The summed E-state index contributed by atoms with van der Waals surface area (Å²) in [6.07, 6.45) is 6.85. The van der Waals surface area contributed by atoms with Crippen LogP contribution in [0.25, 0.3) is 0 Å². The number of allylic oxidation sites excluding steroid dienone is 1. The summed E-state index contributed by atoms with van der Waals surface area (Å²) in [6, 6.07) is 20.5. The topological polar surface area (TPSA) is 74.3 Å². The molecule has 0 saturated heterocycles. The Kier molecular flexibility index (Phi) is 6.26. The number of amides is 1. The molecule has 3 aromatic rings. The van der Waals surface area contributed by atoms with E-state index in [1.54, 1.807) is 12.3 Å². The molecule has 5 rings (SSSR count). The van der Waals surface area contributed by atoms with Crippen LogP contribution in [0.1, 0.15) is 70.1 Å². The fourth-order valence-electron chi connectivity index (χ4n) is 4.84. The van der Waals surface area contributed by atoms with Crippen molar-refractivity contribution in [3.63, 3.8) is 0 Å². The Morgan fingerprint density at radius 3 is 2.44 bits per heavy atom. The van der Waals surface area contributed by atoms with Crippen LogP contribution in [-0.2, 0) is 6.42 Å².